The van der Waals surface area contributed by atoms with Crippen LogP contribution in [-0.2, 0) is 5.75 Å². The second-order valence-corrected chi connectivity index (χ2v) is 7.97. The topological polar surface area (TPSA) is 95.1 Å². The minimum atomic E-state index is -0.210. The molecule has 6 nitrogen and oxygen atoms in total. The fraction of sp³-hybridized carbons (Fsp3) is 0.278. The maximum Gasteiger partial charge on any atom is 0.260 e. The van der Waals surface area contributed by atoms with Gasteiger partial charge in [-0.1, -0.05) is 23.9 Å². The van der Waals surface area contributed by atoms with Crippen molar-refractivity contribution in [3.05, 3.63) is 56.2 Å². The van der Waals surface area contributed by atoms with Crippen LogP contribution in [0.15, 0.2) is 34.2 Å². The van der Waals surface area contributed by atoms with Gasteiger partial charge in [-0.15, -0.1) is 11.3 Å². The molecule has 1 aromatic carbocycles. The van der Waals surface area contributed by atoms with Gasteiger partial charge in [0, 0.05) is 22.7 Å². The van der Waals surface area contributed by atoms with Gasteiger partial charge in [-0.3, -0.25) is 9.59 Å². The van der Waals surface area contributed by atoms with Crippen LogP contribution in [-0.4, -0.2) is 34.1 Å². The number of hydrogen-bond acceptors (Lipinski definition) is 6. The molecule has 0 saturated heterocycles. The normalized spacial score (nSPS) is 11.0. The van der Waals surface area contributed by atoms with E-state index in [1.54, 1.807) is 12.1 Å². The number of thioether (sulfide) groups is 1. The third-order valence-electron chi connectivity index (χ3n) is 4.01. The van der Waals surface area contributed by atoms with Gasteiger partial charge >= 0.3 is 0 Å². The van der Waals surface area contributed by atoms with Crippen molar-refractivity contribution in [3.63, 3.8) is 0 Å². The number of carbonyl (C=O) groups is 1. The highest BCUT2D eigenvalue weighted by Gasteiger charge is 2.12. The summed E-state index contributed by atoms with van der Waals surface area (Å²) in [5.74, 6) is 0.425. The summed E-state index contributed by atoms with van der Waals surface area (Å²) in [6, 6.07) is 7.23. The summed E-state index contributed by atoms with van der Waals surface area (Å²) in [5, 5.41) is 12.6. The molecule has 2 heterocycles. The van der Waals surface area contributed by atoms with Gasteiger partial charge in [0.15, 0.2) is 5.16 Å². The SMILES string of the molecule is Cc1sc2nc(SCc3ccc(C(=O)NCCO)cc3)[nH]c(=O)c2c1C. The number of H-pyrrole nitrogens is 1. The molecule has 136 valence electrons. The lowest BCUT2D eigenvalue weighted by Crippen LogP contribution is -2.26. The zero-order valence-corrected chi connectivity index (χ0v) is 16.1. The molecule has 0 unspecified atom stereocenters. The van der Waals surface area contributed by atoms with Crippen LogP contribution in [0.5, 0.6) is 0 Å². The maximum atomic E-state index is 12.3. The van der Waals surface area contributed by atoms with Gasteiger partial charge in [0.1, 0.15) is 4.83 Å². The fourth-order valence-corrected chi connectivity index (χ4v) is 4.38. The Kier molecular flexibility index (Phi) is 5.75. The molecule has 26 heavy (non-hydrogen) atoms. The van der Waals surface area contributed by atoms with Gasteiger partial charge in [-0.25, -0.2) is 4.98 Å². The molecule has 3 aromatic rings. The van der Waals surface area contributed by atoms with Crippen molar-refractivity contribution in [1.82, 2.24) is 15.3 Å². The van der Waals surface area contributed by atoms with E-state index in [-0.39, 0.29) is 24.6 Å². The Morgan fingerprint density at radius 2 is 2.04 bits per heavy atom. The average molecular weight is 390 g/mol. The molecule has 2 aromatic heterocycles. The summed E-state index contributed by atoms with van der Waals surface area (Å²) < 4.78 is 0. The lowest BCUT2D eigenvalue weighted by Gasteiger charge is -2.05. The van der Waals surface area contributed by atoms with E-state index < -0.39 is 0 Å². The molecular weight excluding hydrogens is 370 g/mol. The van der Waals surface area contributed by atoms with E-state index in [0.717, 1.165) is 20.8 Å². The summed E-state index contributed by atoms with van der Waals surface area (Å²) in [4.78, 5) is 33.4. The number of thiophene rings is 1. The first-order valence-corrected chi connectivity index (χ1v) is 9.90. The molecule has 8 heteroatoms. The van der Waals surface area contributed by atoms with Crippen LogP contribution in [0.25, 0.3) is 10.2 Å². The smallest absolute Gasteiger partial charge is 0.260 e. The zero-order valence-electron chi connectivity index (χ0n) is 14.5. The number of nitrogens with zero attached hydrogens (tertiary/aromatic N) is 1. The van der Waals surface area contributed by atoms with E-state index in [2.05, 4.69) is 15.3 Å². The largest absolute Gasteiger partial charge is 0.395 e. The first-order valence-electron chi connectivity index (χ1n) is 8.10. The Hall–Kier alpha value is -2.16. The number of aliphatic hydroxyl groups excluding tert-OH is 1. The number of aliphatic hydroxyl groups is 1. The lowest BCUT2D eigenvalue weighted by molar-refractivity contribution is 0.0945. The summed E-state index contributed by atoms with van der Waals surface area (Å²) >= 11 is 2.99. The van der Waals surface area contributed by atoms with Gasteiger partial charge in [0.05, 0.1) is 12.0 Å². The van der Waals surface area contributed by atoms with E-state index in [0.29, 0.717) is 21.9 Å². The van der Waals surface area contributed by atoms with Gasteiger partial charge in [0.25, 0.3) is 11.5 Å². The Morgan fingerprint density at radius 1 is 1.31 bits per heavy atom. The summed E-state index contributed by atoms with van der Waals surface area (Å²) in [5.41, 5.74) is 2.46. The predicted octanol–water partition coefficient (Wildman–Crippen LogP) is 2.62. The van der Waals surface area contributed by atoms with E-state index in [1.165, 1.54) is 23.1 Å². The van der Waals surface area contributed by atoms with Gasteiger partial charge in [0.2, 0.25) is 0 Å². The van der Waals surface area contributed by atoms with Crippen molar-refractivity contribution in [2.75, 3.05) is 13.2 Å². The Labute approximate surface area is 158 Å². The van der Waals surface area contributed by atoms with Gasteiger partial charge in [-0.2, -0.15) is 0 Å². The number of hydrogen-bond donors (Lipinski definition) is 3. The van der Waals surface area contributed by atoms with Crippen LogP contribution >= 0.6 is 23.1 Å². The second-order valence-electron chi connectivity index (χ2n) is 5.80. The van der Waals surface area contributed by atoms with Crippen LogP contribution < -0.4 is 10.9 Å². The molecule has 3 rings (SSSR count). The van der Waals surface area contributed by atoms with E-state index in [9.17, 15) is 9.59 Å². The Bertz CT molecular complexity index is 993. The number of amides is 1. The van der Waals surface area contributed by atoms with Crippen LogP contribution in [0, 0.1) is 13.8 Å². The van der Waals surface area contributed by atoms with E-state index in [4.69, 9.17) is 5.11 Å². The van der Waals surface area contributed by atoms with Crippen molar-refractivity contribution >= 4 is 39.2 Å². The number of nitrogens with one attached hydrogen (secondary N) is 2. The molecule has 0 fully saturated rings. The third-order valence-corrected chi connectivity index (χ3v) is 6.05. The average Bonchev–Trinajstić information content (AvgIpc) is 2.92. The monoisotopic (exact) mass is 389 g/mol. The number of rotatable bonds is 6. The minimum absolute atomic E-state index is 0.0840. The van der Waals surface area contributed by atoms with Crippen LogP contribution in [0.2, 0.25) is 0 Å². The quantitative estimate of drug-likeness (QED) is 0.445. The summed E-state index contributed by atoms with van der Waals surface area (Å²) in [7, 11) is 0. The van der Waals surface area contributed by atoms with E-state index >= 15 is 0 Å². The molecule has 0 aliphatic heterocycles. The standard InChI is InChI=1S/C18H19N3O3S2/c1-10-11(2)26-17-14(10)16(24)20-18(21-17)25-9-12-3-5-13(6-4-12)15(23)19-7-8-22/h3-6,22H,7-9H2,1-2H3,(H,19,23)(H,20,21,24). The Balaban J connectivity index is 1.70. The molecule has 3 N–H and O–H groups in total. The van der Waals surface area contributed by atoms with Crippen LogP contribution in [0.1, 0.15) is 26.4 Å². The number of carbonyl (C=O) groups excluding carboxylic acids is 1. The summed E-state index contributed by atoms with van der Waals surface area (Å²) in [6.07, 6.45) is 0. The first kappa shape index (κ1) is 18.6. The van der Waals surface area contributed by atoms with Gasteiger partial charge < -0.3 is 15.4 Å². The maximum absolute atomic E-state index is 12.3. The molecular formula is C18H19N3O3S2. The van der Waals surface area contributed by atoms with Crippen molar-refractivity contribution in [2.45, 2.75) is 24.8 Å². The van der Waals surface area contributed by atoms with Crippen LogP contribution in [0.4, 0.5) is 0 Å². The number of aryl methyl sites for hydroxylation is 2. The number of benzene rings is 1. The number of fused-ring (bicyclic) bond motifs is 1. The zero-order chi connectivity index (χ0) is 18.7. The molecule has 0 aliphatic rings. The lowest BCUT2D eigenvalue weighted by atomic mass is 10.1. The second kappa shape index (κ2) is 8.03. The number of aromatic amines is 1. The van der Waals surface area contributed by atoms with E-state index in [1.807, 2.05) is 26.0 Å². The molecule has 0 aliphatic carbocycles. The minimum Gasteiger partial charge on any atom is -0.395 e. The molecule has 1 amide bonds. The molecule has 0 spiro atoms. The van der Waals surface area contributed by atoms with Crippen molar-refractivity contribution in [3.8, 4) is 0 Å². The predicted molar refractivity (Wildman–Crippen MR) is 105 cm³/mol. The number of aromatic nitrogens is 2. The van der Waals surface area contributed by atoms with Gasteiger partial charge in [-0.05, 0) is 37.1 Å². The van der Waals surface area contributed by atoms with Crippen molar-refractivity contribution in [2.24, 2.45) is 0 Å². The highest BCUT2D eigenvalue weighted by atomic mass is 32.2. The third kappa shape index (κ3) is 3.98. The molecule has 0 saturated carbocycles. The molecule has 0 bridgehead atoms. The van der Waals surface area contributed by atoms with Crippen LogP contribution in [0.3, 0.4) is 0 Å². The Morgan fingerprint density at radius 3 is 2.73 bits per heavy atom. The first-order chi connectivity index (χ1) is 12.5. The molecule has 0 atom stereocenters. The van der Waals surface area contributed by atoms with Crippen molar-refractivity contribution < 1.29 is 9.90 Å². The highest BCUT2D eigenvalue weighted by Crippen LogP contribution is 2.28. The highest BCUT2D eigenvalue weighted by molar-refractivity contribution is 7.98. The van der Waals surface area contributed by atoms with Crippen molar-refractivity contribution in [1.29, 1.82) is 0 Å². The molecule has 0 radical (unpaired) electrons. The fourth-order valence-electron chi connectivity index (χ4n) is 2.48. The summed E-state index contributed by atoms with van der Waals surface area (Å²) in [6.45, 7) is 4.08.